The summed E-state index contributed by atoms with van der Waals surface area (Å²) in [5.74, 6) is 0.601. The number of carbonyl (C=O) groups is 1. The van der Waals surface area contributed by atoms with Crippen LogP contribution in [0, 0.1) is 6.92 Å². The van der Waals surface area contributed by atoms with Crippen LogP contribution in [0.5, 0.6) is 0 Å². The van der Waals surface area contributed by atoms with Gasteiger partial charge in [-0.25, -0.2) is 9.97 Å². The van der Waals surface area contributed by atoms with Crippen LogP contribution in [0.2, 0.25) is 0 Å². The molecule has 1 aromatic carbocycles. The molecule has 0 aliphatic rings. The van der Waals surface area contributed by atoms with Gasteiger partial charge in [0.15, 0.2) is 5.78 Å². The van der Waals surface area contributed by atoms with Crippen LogP contribution in [0.15, 0.2) is 55.0 Å². The molecule has 0 fully saturated rings. The Morgan fingerprint density at radius 3 is 2.79 bits per heavy atom. The summed E-state index contributed by atoms with van der Waals surface area (Å²) in [5.41, 5.74) is 4.26. The van der Waals surface area contributed by atoms with E-state index in [0.29, 0.717) is 17.9 Å². The van der Waals surface area contributed by atoms with Crippen LogP contribution < -0.4 is 5.32 Å². The number of nitrogens with one attached hydrogen (secondary N) is 1. The number of hydrogen-bond donors (Lipinski definition) is 1. The van der Waals surface area contributed by atoms with E-state index in [4.69, 9.17) is 0 Å². The van der Waals surface area contributed by atoms with Crippen molar-refractivity contribution in [1.82, 2.24) is 15.0 Å². The molecule has 0 aliphatic heterocycles. The number of aryl methyl sites for hydroxylation is 1. The fraction of sp³-hybridized carbons (Fsp3) is 0.158. The average Bonchev–Trinajstić information content (AvgIpc) is 2.64. The highest BCUT2D eigenvalue weighted by Crippen LogP contribution is 2.22. The Balaban J connectivity index is 1.90. The summed E-state index contributed by atoms with van der Waals surface area (Å²) in [6.07, 6.45) is 5.67. The molecule has 2 heterocycles. The van der Waals surface area contributed by atoms with Crippen LogP contribution in [0.1, 0.15) is 29.3 Å². The van der Waals surface area contributed by atoms with Crippen molar-refractivity contribution < 1.29 is 4.79 Å². The van der Waals surface area contributed by atoms with Gasteiger partial charge in [-0.2, -0.15) is 0 Å². The number of pyridine rings is 1. The van der Waals surface area contributed by atoms with Crippen molar-refractivity contribution in [3.8, 4) is 11.3 Å². The zero-order valence-corrected chi connectivity index (χ0v) is 13.7. The molecule has 0 radical (unpaired) electrons. The summed E-state index contributed by atoms with van der Waals surface area (Å²) >= 11 is 0. The molecule has 24 heavy (non-hydrogen) atoms. The minimum absolute atomic E-state index is 0.114. The molecular formula is C19H18N4O. The number of carbonyl (C=O) groups excluding carboxylic acids is 1. The van der Waals surface area contributed by atoms with Crippen LogP contribution in [0.3, 0.4) is 0 Å². The molecule has 0 aliphatic carbocycles. The molecule has 0 unspecified atom stereocenters. The molecular weight excluding hydrogens is 300 g/mol. The van der Waals surface area contributed by atoms with Crippen molar-refractivity contribution in [3.05, 3.63) is 66.1 Å². The van der Waals surface area contributed by atoms with Gasteiger partial charge in [-0.3, -0.25) is 9.78 Å². The predicted molar refractivity (Wildman–Crippen MR) is 94.3 cm³/mol. The van der Waals surface area contributed by atoms with E-state index < -0.39 is 0 Å². The first-order chi connectivity index (χ1) is 11.7. The maximum Gasteiger partial charge on any atom is 0.227 e. The van der Waals surface area contributed by atoms with E-state index in [1.807, 2.05) is 50.2 Å². The molecule has 5 nitrogen and oxygen atoms in total. The molecule has 0 atom stereocenters. The molecule has 2 aromatic heterocycles. The van der Waals surface area contributed by atoms with Crippen LogP contribution in [0.4, 0.5) is 11.6 Å². The lowest BCUT2D eigenvalue weighted by Crippen LogP contribution is -2.02. The van der Waals surface area contributed by atoms with Crippen LogP contribution in [0.25, 0.3) is 11.3 Å². The number of rotatable bonds is 5. The fourth-order valence-corrected chi connectivity index (χ4v) is 2.35. The van der Waals surface area contributed by atoms with Gasteiger partial charge in [0.25, 0.3) is 0 Å². The van der Waals surface area contributed by atoms with Gasteiger partial charge in [0, 0.05) is 41.8 Å². The molecule has 120 valence electrons. The Morgan fingerprint density at radius 2 is 2.04 bits per heavy atom. The first-order valence-corrected chi connectivity index (χ1v) is 7.81. The van der Waals surface area contributed by atoms with E-state index in [-0.39, 0.29) is 5.78 Å². The smallest absolute Gasteiger partial charge is 0.227 e. The number of nitrogens with zero attached hydrogens (tertiary/aromatic N) is 3. The quantitative estimate of drug-likeness (QED) is 0.715. The van der Waals surface area contributed by atoms with Crippen molar-refractivity contribution in [2.24, 2.45) is 0 Å². The number of ketones is 1. The maximum absolute atomic E-state index is 11.9. The highest BCUT2D eigenvalue weighted by atomic mass is 16.1. The van der Waals surface area contributed by atoms with Gasteiger partial charge in [-0.1, -0.05) is 19.1 Å². The zero-order valence-electron chi connectivity index (χ0n) is 13.7. The highest BCUT2D eigenvalue weighted by Gasteiger charge is 2.08. The zero-order chi connectivity index (χ0) is 16.9. The van der Waals surface area contributed by atoms with Gasteiger partial charge in [0.2, 0.25) is 5.95 Å². The normalized spacial score (nSPS) is 10.4. The number of benzene rings is 1. The summed E-state index contributed by atoms with van der Waals surface area (Å²) < 4.78 is 0. The third-order valence-electron chi connectivity index (χ3n) is 3.74. The third-order valence-corrected chi connectivity index (χ3v) is 3.74. The number of Topliss-reactive ketones (excluding diaryl/α,β-unsaturated/α-hetero) is 1. The molecule has 3 rings (SSSR count). The minimum atomic E-state index is 0.114. The topological polar surface area (TPSA) is 67.8 Å². The Hall–Kier alpha value is -3.08. The lowest BCUT2D eigenvalue weighted by Gasteiger charge is -2.10. The molecule has 0 saturated heterocycles. The van der Waals surface area contributed by atoms with E-state index in [2.05, 4.69) is 20.3 Å². The van der Waals surface area contributed by atoms with Crippen molar-refractivity contribution in [1.29, 1.82) is 0 Å². The van der Waals surface area contributed by atoms with E-state index in [1.165, 1.54) is 0 Å². The molecule has 3 aromatic rings. The fourth-order valence-electron chi connectivity index (χ4n) is 2.35. The van der Waals surface area contributed by atoms with Crippen LogP contribution >= 0.6 is 0 Å². The van der Waals surface area contributed by atoms with E-state index >= 15 is 0 Å². The van der Waals surface area contributed by atoms with Crippen LogP contribution in [-0.4, -0.2) is 20.7 Å². The van der Waals surface area contributed by atoms with Crippen molar-refractivity contribution in [2.45, 2.75) is 20.3 Å². The first kappa shape index (κ1) is 15.8. The van der Waals surface area contributed by atoms with Gasteiger partial charge in [-0.15, -0.1) is 0 Å². The average molecular weight is 318 g/mol. The summed E-state index contributed by atoms with van der Waals surface area (Å²) in [6, 6.07) is 11.3. The minimum Gasteiger partial charge on any atom is -0.324 e. The lowest BCUT2D eigenvalue weighted by atomic mass is 10.1. The maximum atomic E-state index is 11.9. The summed E-state index contributed by atoms with van der Waals surface area (Å²) in [6.45, 7) is 3.84. The Labute approximate surface area is 140 Å². The molecule has 0 bridgehead atoms. The van der Waals surface area contributed by atoms with Gasteiger partial charge in [0.1, 0.15) is 0 Å². The van der Waals surface area contributed by atoms with Gasteiger partial charge >= 0.3 is 0 Å². The molecule has 0 amide bonds. The van der Waals surface area contributed by atoms with Gasteiger partial charge in [0.05, 0.1) is 5.69 Å². The standard InChI is InChI=1S/C19H18N4O/c1-3-18(24)14-7-6-13(2)17(11-14)23-19-21-10-8-16(22-19)15-5-4-9-20-12-15/h4-12H,3H2,1-2H3,(H,21,22,23). The molecule has 1 N–H and O–H groups in total. The molecule has 5 heteroatoms. The second kappa shape index (κ2) is 7.00. The second-order valence-electron chi connectivity index (χ2n) is 5.44. The Kier molecular flexibility index (Phi) is 4.61. The monoisotopic (exact) mass is 318 g/mol. The van der Waals surface area contributed by atoms with Gasteiger partial charge in [-0.05, 0) is 36.8 Å². The van der Waals surface area contributed by atoms with E-state index in [9.17, 15) is 4.79 Å². The SMILES string of the molecule is CCC(=O)c1ccc(C)c(Nc2nccc(-c3cccnc3)n2)c1. The number of hydrogen-bond acceptors (Lipinski definition) is 5. The number of aromatic nitrogens is 3. The van der Waals surface area contributed by atoms with Crippen molar-refractivity contribution in [2.75, 3.05) is 5.32 Å². The summed E-state index contributed by atoms with van der Waals surface area (Å²) in [5, 5.41) is 3.21. The van der Waals surface area contributed by atoms with E-state index in [1.54, 1.807) is 18.6 Å². The lowest BCUT2D eigenvalue weighted by molar-refractivity contribution is 0.0988. The van der Waals surface area contributed by atoms with Gasteiger partial charge < -0.3 is 5.32 Å². The predicted octanol–water partition coefficient (Wildman–Crippen LogP) is 4.18. The third kappa shape index (κ3) is 3.46. The molecule has 0 spiro atoms. The largest absolute Gasteiger partial charge is 0.324 e. The Bertz CT molecular complexity index is 862. The Morgan fingerprint density at radius 1 is 1.17 bits per heavy atom. The van der Waals surface area contributed by atoms with Crippen molar-refractivity contribution in [3.63, 3.8) is 0 Å². The van der Waals surface area contributed by atoms with Crippen molar-refractivity contribution >= 4 is 17.4 Å². The molecule has 0 saturated carbocycles. The number of anilines is 2. The summed E-state index contributed by atoms with van der Waals surface area (Å²) in [7, 11) is 0. The second-order valence-corrected chi connectivity index (χ2v) is 5.44. The first-order valence-electron chi connectivity index (χ1n) is 7.81. The summed E-state index contributed by atoms with van der Waals surface area (Å²) in [4.78, 5) is 24.8. The van der Waals surface area contributed by atoms with Crippen LogP contribution in [-0.2, 0) is 0 Å². The highest BCUT2D eigenvalue weighted by molar-refractivity contribution is 5.97. The van der Waals surface area contributed by atoms with E-state index in [0.717, 1.165) is 22.5 Å².